The fraction of sp³-hybridized carbons (Fsp3) is 1.00. The van der Waals surface area contributed by atoms with Crippen LogP contribution in [0, 0.1) is 0 Å². The van der Waals surface area contributed by atoms with E-state index in [2.05, 4.69) is 15.9 Å². The second-order valence-electron chi connectivity index (χ2n) is 1.16. The van der Waals surface area contributed by atoms with Gasteiger partial charge in [-0.05, 0) is 0 Å². The zero-order valence-corrected chi connectivity index (χ0v) is 5.80. The Kier molecular flexibility index (Phi) is 3.41. The molecule has 0 heterocycles. The molecule has 1 atom stereocenters. The highest BCUT2D eigenvalue weighted by Gasteiger charge is 1.92. The molecule has 0 aromatic carbocycles. The number of nitrogens with one attached hydrogen (secondary N) is 1. The van der Waals surface area contributed by atoms with E-state index < -0.39 is 8.96 Å². The molecule has 0 radical (unpaired) electrons. The average molecular weight is 156 g/mol. The van der Waals surface area contributed by atoms with Gasteiger partial charge in [-0.3, -0.25) is 4.55 Å². The molecule has 1 unspecified atom stereocenters. The normalized spacial score (nSPS) is 17.8. The van der Waals surface area contributed by atoms with E-state index in [0.717, 1.165) is 0 Å². The van der Waals surface area contributed by atoms with Gasteiger partial charge >= 0.3 is 0 Å². The number of nitrogens with two attached hydrogens (primary N) is 1. The second-order valence-corrected chi connectivity index (χ2v) is 3.75. The van der Waals surface area contributed by atoms with Crippen LogP contribution in [0.4, 0.5) is 0 Å². The van der Waals surface area contributed by atoms with Gasteiger partial charge in [0.25, 0.3) is 0 Å². The quantitative estimate of drug-likeness (QED) is 0.473. The third-order valence-electron chi connectivity index (χ3n) is 0.429. The molecule has 0 aliphatic heterocycles. The van der Waals surface area contributed by atoms with Gasteiger partial charge in [0.15, 0.2) is 0 Å². The van der Waals surface area contributed by atoms with Gasteiger partial charge in [0.05, 0.1) is 0 Å². The van der Waals surface area contributed by atoms with Crippen molar-refractivity contribution < 1.29 is 8.76 Å². The summed E-state index contributed by atoms with van der Waals surface area (Å²) in [5.74, 6) is 0. The molecule has 0 aliphatic rings. The van der Waals surface area contributed by atoms with E-state index in [4.69, 9.17) is 10.3 Å². The first-order valence-corrected chi connectivity index (χ1v) is 4.42. The monoisotopic (exact) mass is 156 g/mol. The number of hydrogen-bond acceptors (Lipinski definition) is 3. The van der Waals surface area contributed by atoms with Crippen LogP contribution in [0.5, 0.6) is 0 Å². The highest BCUT2D eigenvalue weighted by molar-refractivity contribution is 8.28. The first-order valence-electron chi connectivity index (χ1n) is 1.98. The molecule has 0 saturated carbocycles. The zero-order chi connectivity index (χ0) is 6.62. The van der Waals surface area contributed by atoms with E-state index >= 15 is 0 Å². The van der Waals surface area contributed by atoms with Crippen molar-refractivity contribution in [2.24, 2.45) is 5.73 Å². The maximum absolute atomic E-state index is 10.1. The summed E-state index contributed by atoms with van der Waals surface area (Å²) in [4.78, 5) is 0. The molecule has 0 aromatic heterocycles. The molecular formula is C2H8N2O2S2. The van der Waals surface area contributed by atoms with E-state index in [1.54, 1.807) is 0 Å². The maximum Gasteiger partial charge on any atom is 0.207 e. The third kappa shape index (κ3) is 6.25. The van der Waals surface area contributed by atoms with E-state index in [1.165, 1.54) is 0 Å². The van der Waals surface area contributed by atoms with Crippen LogP contribution in [0.3, 0.4) is 0 Å². The van der Waals surface area contributed by atoms with Crippen LogP contribution in [0.15, 0.2) is 0 Å². The largest absolute Gasteiger partial charge is 0.329 e. The Labute approximate surface area is 53.1 Å². The minimum absolute atomic E-state index is 0.277. The van der Waals surface area contributed by atoms with Crippen LogP contribution in [-0.4, -0.2) is 21.9 Å². The minimum atomic E-state index is -3.18. The highest BCUT2D eigenvalue weighted by atomic mass is 32.8. The van der Waals surface area contributed by atoms with Gasteiger partial charge < -0.3 is 5.73 Å². The van der Waals surface area contributed by atoms with E-state index in [9.17, 15) is 4.21 Å². The van der Waals surface area contributed by atoms with Gasteiger partial charge in [-0.2, -0.15) is 0 Å². The smallest absolute Gasteiger partial charge is 0.207 e. The highest BCUT2D eigenvalue weighted by Crippen LogP contribution is 1.69. The Balaban J connectivity index is 3.42. The minimum Gasteiger partial charge on any atom is -0.329 e. The summed E-state index contributed by atoms with van der Waals surface area (Å²) in [5, 5.41) is 0. The van der Waals surface area contributed by atoms with Crippen molar-refractivity contribution in [3.63, 3.8) is 0 Å². The first kappa shape index (κ1) is 8.25. The topological polar surface area (TPSA) is 75.3 Å². The lowest BCUT2D eigenvalue weighted by Gasteiger charge is -1.97. The molecule has 0 aliphatic carbocycles. The van der Waals surface area contributed by atoms with E-state index in [1.807, 2.05) is 0 Å². The van der Waals surface area contributed by atoms with Crippen LogP contribution in [0.1, 0.15) is 0 Å². The summed E-state index contributed by atoms with van der Waals surface area (Å²) >= 11 is 4.07. The first-order chi connectivity index (χ1) is 3.56. The van der Waals surface area contributed by atoms with Gasteiger partial charge in [0.1, 0.15) is 0 Å². The Hall–Kier alpha value is 0.250. The third-order valence-corrected chi connectivity index (χ3v) is 1.35. The average Bonchev–Trinajstić information content (AvgIpc) is 1.59. The molecule has 8 heavy (non-hydrogen) atoms. The van der Waals surface area contributed by atoms with Gasteiger partial charge in [-0.25, -0.2) is 8.93 Å². The van der Waals surface area contributed by atoms with Crippen molar-refractivity contribution >= 4 is 20.1 Å². The van der Waals surface area contributed by atoms with Crippen LogP contribution >= 0.6 is 0 Å². The Morgan fingerprint density at radius 1 is 1.88 bits per heavy atom. The van der Waals surface area contributed by atoms with Crippen LogP contribution < -0.4 is 10.5 Å². The second kappa shape index (κ2) is 3.31. The molecule has 0 amide bonds. The number of hydrogen-bond donors (Lipinski definition) is 3. The van der Waals surface area contributed by atoms with Crippen molar-refractivity contribution in [1.29, 1.82) is 0 Å². The lowest BCUT2D eigenvalue weighted by Crippen LogP contribution is -2.27. The molecule has 4 N–H and O–H groups in total. The summed E-state index contributed by atoms with van der Waals surface area (Å²) in [6.07, 6.45) is 0. The molecule has 0 aromatic rings. The van der Waals surface area contributed by atoms with Crippen LogP contribution in [0.2, 0.25) is 0 Å². The molecule has 0 spiro atoms. The van der Waals surface area contributed by atoms with Crippen molar-refractivity contribution in [3.05, 3.63) is 0 Å². The molecule has 0 bridgehead atoms. The fourth-order valence-electron chi connectivity index (χ4n) is 0.188. The van der Waals surface area contributed by atoms with Crippen molar-refractivity contribution in [2.45, 2.75) is 0 Å². The van der Waals surface area contributed by atoms with E-state index in [-0.39, 0.29) is 6.54 Å². The Morgan fingerprint density at radius 2 is 2.38 bits per heavy atom. The van der Waals surface area contributed by atoms with E-state index in [0.29, 0.717) is 6.54 Å². The summed E-state index contributed by atoms with van der Waals surface area (Å²) in [7, 11) is -3.18. The standard InChI is InChI=1S/C2H8N2O2S2/c3-1-2-4-8(5,6)7/h4H,1-3H2,(H,5,6,7). The fourth-order valence-corrected chi connectivity index (χ4v) is 0.814. The molecular weight excluding hydrogens is 148 g/mol. The predicted molar refractivity (Wildman–Crippen MR) is 35.2 cm³/mol. The summed E-state index contributed by atoms with van der Waals surface area (Å²) < 4.78 is 20.6. The molecule has 50 valence electrons. The molecule has 6 heteroatoms. The lowest BCUT2D eigenvalue weighted by atomic mass is 10.7. The number of rotatable bonds is 3. The maximum atomic E-state index is 10.1. The van der Waals surface area contributed by atoms with Gasteiger partial charge in [-0.1, -0.05) is 0 Å². The van der Waals surface area contributed by atoms with Crippen LogP contribution in [0.25, 0.3) is 0 Å². The molecule has 0 fully saturated rings. The summed E-state index contributed by atoms with van der Waals surface area (Å²) in [5.41, 5.74) is 4.99. The van der Waals surface area contributed by atoms with Crippen molar-refractivity contribution in [3.8, 4) is 0 Å². The summed E-state index contributed by atoms with van der Waals surface area (Å²) in [6.45, 7) is 0.590. The predicted octanol–water partition coefficient (Wildman–Crippen LogP) is -1.33. The van der Waals surface area contributed by atoms with Gasteiger partial charge in [0, 0.05) is 24.3 Å². The van der Waals surface area contributed by atoms with Crippen LogP contribution in [-0.2, 0) is 20.1 Å². The molecule has 0 saturated heterocycles. The summed E-state index contributed by atoms with van der Waals surface area (Å²) in [6, 6.07) is 0. The molecule has 0 rings (SSSR count). The van der Waals surface area contributed by atoms with Crippen molar-refractivity contribution in [1.82, 2.24) is 4.72 Å². The molecule has 4 nitrogen and oxygen atoms in total. The Morgan fingerprint density at radius 3 is 2.50 bits per heavy atom. The Bertz CT molecular complexity index is 140. The van der Waals surface area contributed by atoms with Crippen molar-refractivity contribution in [2.75, 3.05) is 13.1 Å². The van der Waals surface area contributed by atoms with Gasteiger partial charge in [0.2, 0.25) is 8.96 Å². The van der Waals surface area contributed by atoms with Gasteiger partial charge in [-0.15, -0.1) is 0 Å². The zero-order valence-electron chi connectivity index (χ0n) is 4.16. The SMILES string of the molecule is NCCNS(=O)(O)=S. The lowest BCUT2D eigenvalue weighted by molar-refractivity contribution is 0.547.